The average Bonchev–Trinajstić information content (AvgIpc) is 3.04. The molecule has 1 aromatic carbocycles. The number of urea groups is 1. The molecule has 3 rings (SSSR count). The predicted octanol–water partition coefficient (Wildman–Crippen LogP) is 2.14. The third kappa shape index (κ3) is 3.71. The van der Waals surface area contributed by atoms with Crippen LogP contribution in [0.3, 0.4) is 0 Å². The number of oxazole rings is 1. The topological polar surface area (TPSA) is 52.8 Å². The van der Waals surface area contributed by atoms with Crippen molar-refractivity contribution in [2.75, 3.05) is 40.3 Å². The van der Waals surface area contributed by atoms with Crippen LogP contribution in [-0.4, -0.2) is 66.0 Å². The first-order valence-corrected chi connectivity index (χ1v) is 7.82. The van der Waals surface area contributed by atoms with Gasteiger partial charge in [-0.1, -0.05) is 18.2 Å². The molecule has 1 fully saturated rings. The van der Waals surface area contributed by atoms with Gasteiger partial charge >= 0.3 is 6.03 Å². The van der Waals surface area contributed by atoms with Crippen molar-refractivity contribution >= 4 is 6.03 Å². The van der Waals surface area contributed by atoms with Crippen molar-refractivity contribution in [3.8, 4) is 11.5 Å². The van der Waals surface area contributed by atoms with Crippen molar-refractivity contribution in [1.82, 2.24) is 19.7 Å². The quantitative estimate of drug-likeness (QED) is 0.871. The van der Waals surface area contributed by atoms with E-state index in [1.165, 1.54) is 0 Å². The standard InChI is InChI=1S/C17H22N4O2/c1-19(2)17(22)21-10-8-20(9-11-21)12-15-13-23-16(18-15)14-6-4-3-5-7-14/h3-7,13H,8-12H2,1-2H3. The van der Waals surface area contributed by atoms with E-state index in [-0.39, 0.29) is 6.03 Å². The van der Waals surface area contributed by atoms with Gasteiger partial charge in [0.1, 0.15) is 6.26 Å². The number of amides is 2. The Hall–Kier alpha value is -2.34. The molecular weight excluding hydrogens is 292 g/mol. The van der Waals surface area contributed by atoms with Gasteiger partial charge in [-0.3, -0.25) is 4.90 Å². The average molecular weight is 314 g/mol. The summed E-state index contributed by atoms with van der Waals surface area (Å²) >= 11 is 0. The van der Waals surface area contributed by atoms with Gasteiger partial charge in [-0.2, -0.15) is 0 Å². The Kier molecular flexibility index (Phi) is 4.62. The lowest BCUT2D eigenvalue weighted by molar-refractivity contribution is 0.119. The first kappa shape index (κ1) is 15.6. The second-order valence-electron chi connectivity index (χ2n) is 5.95. The zero-order valence-electron chi connectivity index (χ0n) is 13.6. The lowest BCUT2D eigenvalue weighted by Crippen LogP contribution is -2.51. The normalized spacial score (nSPS) is 15.7. The van der Waals surface area contributed by atoms with Gasteiger partial charge in [-0.05, 0) is 12.1 Å². The summed E-state index contributed by atoms with van der Waals surface area (Å²) in [4.78, 5) is 22.3. The fourth-order valence-corrected chi connectivity index (χ4v) is 2.70. The molecule has 0 bridgehead atoms. The molecule has 0 N–H and O–H groups in total. The number of carbonyl (C=O) groups excluding carboxylic acids is 1. The van der Waals surface area contributed by atoms with E-state index < -0.39 is 0 Å². The first-order chi connectivity index (χ1) is 11.1. The molecule has 6 nitrogen and oxygen atoms in total. The summed E-state index contributed by atoms with van der Waals surface area (Å²) in [7, 11) is 3.57. The van der Waals surface area contributed by atoms with E-state index >= 15 is 0 Å². The molecule has 2 aromatic rings. The van der Waals surface area contributed by atoms with Crippen LogP contribution in [0.15, 0.2) is 41.0 Å². The first-order valence-electron chi connectivity index (χ1n) is 7.82. The van der Waals surface area contributed by atoms with E-state index in [0.29, 0.717) is 5.89 Å². The van der Waals surface area contributed by atoms with Crippen molar-refractivity contribution in [3.05, 3.63) is 42.3 Å². The summed E-state index contributed by atoms with van der Waals surface area (Å²) < 4.78 is 5.57. The molecule has 1 aliphatic heterocycles. The molecule has 0 unspecified atom stereocenters. The summed E-state index contributed by atoms with van der Waals surface area (Å²) in [5.74, 6) is 0.655. The molecule has 0 radical (unpaired) electrons. The molecule has 2 amide bonds. The molecule has 122 valence electrons. The smallest absolute Gasteiger partial charge is 0.319 e. The Morgan fingerprint density at radius 3 is 2.52 bits per heavy atom. The minimum Gasteiger partial charge on any atom is -0.444 e. The van der Waals surface area contributed by atoms with Crippen molar-refractivity contribution in [3.63, 3.8) is 0 Å². The summed E-state index contributed by atoms with van der Waals surface area (Å²) in [6, 6.07) is 9.97. The van der Waals surface area contributed by atoms with Crippen LogP contribution in [0.4, 0.5) is 4.79 Å². The number of aromatic nitrogens is 1. The Bertz CT molecular complexity index is 646. The van der Waals surface area contributed by atoms with Crippen molar-refractivity contribution in [2.45, 2.75) is 6.54 Å². The van der Waals surface area contributed by atoms with E-state index in [0.717, 1.165) is 44.0 Å². The van der Waals surface area contributed by atoms with Gasteiger partial charge in [-0.25, -0.2) is 9.78 Å². The van der Waals surface area contributed by atoms with Crippen molar-refractivity contribution in [1.29, 1.82) is 0 Å². The summed E-state index contributed by atoms with van der Waals surface area (Å²) in [5, 5.41) is 0. The number of carbonyl (C=O) groups is 1. The number of nitrogens with zero attached hydrogens (tertiary/aromatic N) is 4. The van der Waals surface area contributed by atoms with Crippen LogP contribution in [0.5, 0.6) is 0 Å². The molecule has 0 spiro atoms. The highest BCUT2D eigenvalue weighted by Gasteiger charge is 2.22. The molecule has 6 heteroatoms. The van der Waals surface area contributed by atoms with Gasteiger partial charge < -0.3 is 14.2 Å². The maximum absolute atomic E-state index is 11.9. The number of hydrogen-bond donors (Lipinski definition) is 0. The van der Waals surface area contributed by atoms with Crippen LogP contribution in [0.2, 0.25) is 0 Å². The molecule has 0 saturated carbocycles. The molecule has 23 heavy (non-hydrogen) atoms. The lowest BCUT2D eigenvalue weighted by atomic mass is 10.2. The summed E-state index contributed by atoms with van der Waals surface area (Å²) in [5.41, 5.74) is 1.91. The van der Waals surface area contributed by atoms with E-state index in [2.05, 4.69) is 9.88 Å². The van der Waals surface area contributed by atoms with E-state index in [4.69, 9.17) is 4.42 Å². The number of hydrogen-bond acceptors (Lipinski definition) is 4. The monoisotopic (exact) mass is 314 g/mol. The van der Waals surface area contributed by atoms with Gasteiger partial charge in [0.15, 0.2) is 0 Å². The largest absolute Gasteiger partial charge is 0.444 e. The Labute approximate surface area is 136 Å². The zero-order chi connectivity index (χ0) is 16.2. The SMILES string of the molecule is CN(C)C(=O)N1CCN(Cc2coc(-c3ccccc3)n2)CC1. The third-order valence-corrected chi connectivity index (χ3v) is 3.98. The highest BCUT2D eigenvalue weighted by molar-refractivity contribution is 5.73. The fraction of sp³-hybridized carbons (Fsp3) is 0.412. The Balaban J connectivity index is 1.55. The number of rotatable bonds is 3. The maximum atomic E-state index is 11.9. The van der Waals surface area contributed by atoms with Crippen LogP contribution in [0.1, 0.15) is 5.69 Å². The van der Waals surface area contributed by atoms with Crippen LogP contribution < -0.4 is 0 Å². The molecular formula is C17H22N4O2. The van der Waals surface area contributed by atoms with Crippen molar-refractivity contribution in [2.24, 2.45) is 0 Å². The van der Waals surface area contributed by atoms with Crippen LogP contribution in [0.25, 0.3) is 11.5 Å². The fourth-order valence-electron chi connectivity index (χ4n) is 2.70. The van der Waals surface area contributed by atoms with E-state index in [9.17, 15) is 4.79 Å². The van der Waals surface area contributed by atoms with Gasteiger partial charge in [0.05, 0.1) is 5.69 Å². The molecule has 0 aliphatic carbocycles. The minimum atomic E-state index is 0.0810. The molecule has 1 aliphatic rings. The Morgan fingerprint density at radius 2 is 1.87 bits per heavy atom. The third-order valence-electron chi connectivity index (χ3n) is 3.98. The van der Waals surface area contributed by atoms with Crippen LogP contribution >= 0.6 is 0 Å². The second kappa shape index (κ2) is 6.83. The molecule has 0 atom stereocenters. The minimum absolute atomic E-state index is 0.0810. The van der Waals surface area contributed by atoms with E-state index in [1.54, 1.807) is 25.3 Å². The zero-order valence-corrected chi connectivity index (χ0v) is 13.6. The number of benzene rings is 1. The molecule has 2 heterocycles. The van der Waals surface area contributed by atoms with Gasteiger partial charge in [0.25, 0.3) is 0 Å². The van der Waals surface area contributed by atoms with Crippen LogP contribution in [-0.2, 0) is 6.54 Å². The van der Waals surface area contributed by atoms with Gasteiger partial charge in [0.2, 0.25) is 5.89 Å². The highest BCUT2D eigenvalue weighted by Crippen LogP contribution is 2.19. The Morgan fingerprint density at radius 1 is 1.17 bits per heavy atom. The van der Waals surface area contributed by atoms with E-state index in [1.807, 2.05) is 35.2 Å². The van der Waals surface area contributed by atoms with Gasteiger partial charge in [0, 0.05) is 52.4 Å². The summed E-state index contributed by atoms with van der Waals surface area (Å²) in [6.45, 7) is 3.96. The van der Waals surface area contributed by atoms with Crippen molar-refractivity contribution < 1.29 is 9.21 Å². The van der Waals surface area contributed by atoms with Gasteiger partial charge in [-0.15, -0.1) is 0 Å². The van der Waals surface area contributed by atoms with Crippen LogP contribution in [0, 0.1) is 0 Å². The maximum Gasteiger partial charge on any atom is 0.319 e. The second-order valence-corrected chi connectivity index (χ2v) is 5.95. The molecule has 1 aromatic heterocycles. The summed E-state index contributed by atoms with van der Waals surface area (Å²) in [6.07, 6.45) is 1.72. The number of piperazine rings is 1. The predicted molar refractivity (Wildman–Crippen MR) is 87.9 cm³/mol. The lowest BCUT2D eigenvalue weighted by Gasteiger charge is -2.35. The molecule has 1 saturated heterocycles. The highest BCUT2D eigenvalue weighted by atomic mass is 16.3.